The quantitative estimate of drug-likeness (QED) is 0.0343. The maximum absolute atomic E-state index is 12.9. The van der Waals surface area contributed by atoms with Gasteiger partial charge in [0.2, 0.25) is 0 Å². The van der Waals surface area contributed by atoms with Crippen LogP contribution in [0.3, 0.4) is 0 Å². The fourth-order valence-electron chi connectivity index (χ4n) is 10.3. The van der Waals surface area contributed by atoms with Crippen molar-refractivity contribution in [1.29, 1.82) is 0 Å². The maximum atomic E-state index is 12.9. The third-order valence-corrected chi connectivity index (χ3v) is 15.7. The van der Waals surface area contributed by atoms with E-state index in [2.05, 4.69) is 27.7 Å². The number of hydrogen-bond acceptors (Lipinski definition) is 6. The van der Waals surface area contributed by atoms with Crippen LogP contribution in [-0.4, -0.2) is 37.2 Å². The molecule has 0 saturated carbocycles. The van der Waals surface area contributed by atoms with Crippen molar-refractivity contribution in [3.8, 4) is 0 Å². The summed E-state index contributed by atoms with van der Waals surface area (Å²) in [6.45, 7) is 9.13. The van der Waals surface area contributed by atoms with Gasteiger partial charge < -0.3 is 14.2 Å². The average molecular weight is 1020 g/mol. The number of hydrogen-bond donors (Lipinski definition) is 0. The van der Waals surface area contributed by atoms with Gasteiger partial charge in [-0.05, 0) is 25.2 Å². The first-order chi connectivity index (χ1) is 35.4. The molecule has 0 N–H and O–H groups in total. The van der Waals surface area contributed by atoms with Gasteiger partial charge in [-0.1, -0.05) is 342 Å². The molecule has 0 aliphatic carbocycles. The Morgan fingerprint density at radius 3 is 0.722 bits per heavy atom. The van der Waals surface area contributed by atoms with E-state index in [-0.39, 0.29) is 31.1 Å². The van der Waals surface area contributed by atoms with Crippen LogP contribution >= 0.6 is 0 Å². The minimum absolute atomic E-state index is 0.0610. The Labute approximate surface area is 450 Å². The van der Waals surface area contributed by atoms with Crippen molar-refractivity contribution in [1.82, 2.24) is 0 Å². The number of rotatable bonds is 61. The highest BCUT2D eigenvalue weighted by Gasteiger charge is 2.19. The fraction of sp³-hybridized carbons (Fsp3) is 0.955. The lowest BCUT2D eigenvalue weighted by molar-refractivity contribution is -0.167. The summed E-state index contributed by atoms with van der Waals surface area (Å²) in [5.41, 5.74) is 0. The topological polar surface area (TPSA) is 78.9 Å². The van der Waals surface area contributed by atoms with Gasteiger partial charge in [-0.25, -0.2) is 0 Å². The van der Waals surface area contributed by atoms with Crippen LogP contribution in [0.2, 0.25) is 0 Å². The van der Waals surface area contributed by atoms with Gasteiger partial charge >= 0.3 is 17.9 Å². The van der Waals surface area contributed by atoms with Crippen molar-refractivity contribution >= 4 is 17.9 Å². The van der Waals surface area contributed by atoms with Gasteiger partial charge in [-0.3, -0.25) is 14.4 Å². The van der Waals surface area contributed by atoms with E-state index in [4.69, 9.17) is 14.2 Å². The van der Waals surface area contributed by atoms with Crippen LogP contribution in [0.25, 0.3) is 0 Å². The molecule has 0 amide bonds. The second-order valence-electron chi connectivity index (χ2n) is 23.0. The minimum atomic E-state index is -0.763. The molecular weight excluding hydrogens is 889 g/mol. The molecule has 0 aliphatic heterocycles. The molecule has 0 spiro atoms. The van der Waals surface area contributed by atoms with Crippen LogP contribution in [-0.2, 0) is 28.6 Å². The van der Waals surface area contributed by atoms with Crippen molar-refractivity contribution in [3.63, 3.8) is 0 Å². The molecular formula is C66H128O6. The summed E-state index contributed by atoms with van der Waals surface area (Å²) in [4.78, 5) is 38.4. The van der Waals surface area contributed by atoms with Crippen molar-refractivity contribution < 1.29 is 28.6 Å². The Morgan fingerprint density at radius 1 is 0.278 bits per heavy atom. The van der Waals surface area contributed by atoms with Crippen LogP contribution in [0, 0.1) is 5.92 Å². The normalized spacial score (nSPS) is 12.3. The minimum Gasteiger partial charge on any atom is -0.462 e. The van der Waals surface area contributed by atoms with Gasteiger partial charge in [0.25, 0.3) is 0 Å². The molecule has 0 fully saturated rings. The lowest BCUT2D eigenvalue weighted by Crippen LogP contribution is -2.30. The van der Waals surface area contributed by atoms with Gasteiger partial charge in [-0.15, -0.1) is 0 Å². The summed E-state index contributed by atoms with van der Waals surface area (Å²) in [7, 11) is 0. The van der Waals surface area contributed by atoms with Gasteiger partial charge in [0, 0.05) is 19.3 Å². The molecule has 6 nitrogen and oxygen atoms in total. The summed E-state index contributed by atoms with van der Waals surface area (Å²) in [5, 5.41) is 0. The Hall–Kier alpha value is -1.59. The zero-order valence-electron chi connectivity index (χ0n) is 49.4. The van der Waals surface area contributed by atoms with E-state index >= 15 is 0 Å². The smallest absolute Gasteiger partial charge is 0.306 e. The molecule has 0 aromatic carbocycles. The monoisotopic (exact) mass is 1020 g/mol. The molecule has 6 heteroatoms. The van der Waals surface area contributed by atoms with Crippen LogP contribution in [0.1, 0.15) is 381 Å². The molecule has 2 atom stereocenters. The van der Waals surface area contributed by atoms with Crippen molar-refractivity contribution in [3.05, 3.63) is 0 Å². The molecule has 0 aromatic rings. The van der Waals surface area contributed by atoms with Crippen LogP contribution in [0.4, 0.5) is 0 Å². The van der Waals surface area contributed by atoms with Gasteiger partial charge in [0.15, 0.2) is 6.10 Å². The third-order valence-electron chi connectivity index (χ3n) is 15.7. The molecule has 0 aliphatic rings. The predicted molar refractivity (Wildman–Crippen MR) is 312 cm³/mol. The third kappa shape index (κ3) is 57.7. The van der Waals surface area contributed by atoms with Crippen LogP contribution in [0.15, 0.2) is 0 Å². The first-order valence-corrected chi connectivity index (χ1v) is 32.9. The zero-order chi connectivity index (χ0) is 52.3. The average Bonchev–Trinajstić information content (AvgIpc) is 3.38. The fourth-order valence-corrected chi connectivity index (χ4v) is 10.3. The van der Waals surface area contributed by atoms with E-state index in [1.807, 2.05) is 0 Å². The Kier molecular flexibility index (Phi) is 58.9. The highest BCUT2D eigenvalue weighted by atomic mass is 16.6. The zero-order valence-corrected chi connectivity index (χ0v) is 49.4. The van der Waals surface area contributed by atoms with Crippen molar-refractivity contribution in [2.45, 2.75) is 387 Å². The van der Waals surface area contributed by atoms with E-state index in [1.54, 1.807) is 0 Å². The van der Waals surface area contributed by atoms with Crippen LogP contribution in [0.5, 0.6) is 0 Å². The Balaban J connectivity index is 4.28. The van der Waals surface area contributed by atoms with E-state index in [9.17, 15) is 14.4 Å². The summed E-state index contributed by atoms with van der Waals surface area (Å²) < 4.78 is 17.0. The van der Waals surface area contributed by atoms with E-state index in [0.29, 0.717) is 19.3 Å². The largest absolute Gasteiger partial charge is 0.462 e. The molecule has 72 heavy (non-hydrogen) atoms. The first-order valence-electron chi connectivity index (χ1n) is 32.9. The number of esters is 3. The van der Waals surface area contributed by atoms with Crippen LogP contribution < -0.4 is 0 Å². The second-order valence-corrected chi connectivity index (χ2v) is 23.0. The van der Waals surface area contributed by atoms with E-state index in [1.165, 1.54) is 276 Å². The number of carbonyl (C=O) groups excluding carboxylic acids is 3. The van der Waals surface area contributed by atoms with E-state index in [0.717, 1.165) is 63.7 Å². The second kappa shape index (κ2) is 60.3. The van der Waals surface area contributed by atoms with Crippen molar-refractivity contribution in [2.75, 3.05) is 13.2 Å². The van der Waals surface area contributed by atoms with Crippen molar-refractivity contribution in [2.24, 2.45) is 5.92 Å². The number of carbonyl (C=O) groups is 3. The first kappa shape index (κ1) is 70.4. The molecule has 0 radical (unpaired) electrons. The molecule has 428 valence electrons. The Morgan fingerprint density at radius 2 is 0.486 bits per heavy atom. The van der Waals surface area contributed by atoms with Gasteiger partial charge in [0.05, 0.1) is 0 Å². The summed E-state index contributed by atoms with van der Waals surface area (Å²) >= 11 is 0. The molecule has 0 saturated heterocycles. The number of unbranched alkanes of at least 4 members (excludes halogenated alkanes) is 47. The molecule has 0 bridgehead atoms. The maximum Gasteiger partial charge on any atom is 0.306 e. The van der Waals surface area contributed by atoms with Gasteiger partial charge in [0.1, 0.15) is 13.2 Å². The van der Waals surface area contributed by atoms with E-state index < -0.39 is 6.10 Å². The lowest BCUT2D eigenvalue weighted by atomic mass is 9.99. The molecule has 0 heterocycles. The highest BCUT2D eigenvalue weighted by Crippen LogP contribution is 2.19. The SMILES string of the molecule is CCCCCCCCCCCCCCCCCCCCCC(=O)OC[C@@H](COC(=O)CCCCCCCCCCCCCCCCC(C)CC)OC(=O)CCCCCCCCCCCCCCCCCCC. The summed E-state index contributed by atoms with van der Waals surface area (Å²) in [5.74, 6) is 0.0705. The molecule has 0 rings (SSSR count). The highest BCUT2D eigenvalue weighted by molar-refractivity contribution is 5.71. The molecule has 1 unspecified atom stereocenters. The standard InChI is InChI=1S/C66H128O6/c1-5-8-10-12-14-16-18-20-22-24-25-27-28-33-37-41-45-49-53-57-64(67)70-60-63(72-66(69)59-55-51-47-43-39-35-29-26-23-21-19-17-15-13-11-9-6-2)61-71-65(68)58-54-50-46-42-38-34-31-30-32-36-40-44-48-52-56-62(4)7-3/h62-63H,5-61H2,1-4H3/t62?,63-/m0/s1. The van der Waals surface area contributed by atoms with Gasteiger partial charge in [-0.2, -0.15) is 0 Å². The summed E-state index contributed by atoms with van der Waals surface area (Å²) in [6, 6.07) is 0. The number of ether oxygens (including phenoxy) is 3. The summed E-state index contributed by atoms with van der Waals surface area (Å²) in [6.07, 6.45) is 68.1. The lowest BCUT2D eigenvalue weighted by Gasteiger charge is -2.18. The Bertz CT molecular complexity index is 1090. The predicted octanol–water partition coefficient (Wildman–Crippen LogP) is 22.1. The molecule has 0 aromatic heterocycles.